The minimum absolute atomic E-state index is 0.135. The van der Waals surface area contributed by atoms with E-state index in [1.54, 1.807) is 0 Å². The second kappa shape index (κ2) is 23.7. The van der Waals surface area contributed by atoms with Gasteiger partial charge in [0.15, 0.2) is 6.29 Å². The Labute approximate surface area is 243 Å². The molecule has 1 aliphatic heterocycles. The van der Waals surface area contributed by atoms with Crippen molar-refractivity contribution in [3.63, 3.8) is 0 Å². The minimum atomic E-state index is -1.54. The predicted molar refractivity (Wildman–Crippen MR) is 157 cm³/mol. The fourth-order valence-corrected chi connectivity index (χ4v) is 5.22. The summed E-state index contributed by atoms with van der Waals surface area (Å²) in [6.07, 6.45) is 12.8. The highest BCUT2D eigenvalue weighted by Crippen LogP contribution is 2.22. The van der Waals surface area contributed by atoms with Gasteiger partial charge in [0.25, 0.3) is 0 Å². The molecule has 0 spiro atoms. The maximum Gasteiger partial charge on any atom is 0.220 e. The molecule has 0 aromatic carbocycles. The van der Waals surface area contributed by atoms with Crippen molar-refractivity contribution in [2.45, 2.75) is 179 Å². The molecule has 1 amide bonds. The number of carbonyl (C=O) groups excluding carboxylic acids is 1. The lowest BCUT2D eigenvalue weighted by Crippen LogP contribution is -2.60. The van der Waals surface area contributed by atoms with Crippen molar-refractivity contribution < 1.29 is 39.8 Å². The molecular formula is C31H61NO8. The van der Waals surface area contributed by atoms with Gasteiger partial charge in [-0.15, -0.1) is 0 Å². The number of aliphatic hydroxyl groups excluding tert-OH is 5. The van der Waals surface area contributed by atoms with Gasteiger partial charge in [-0.1, -0.05) is 117 Å². The summed E-state index contributed by atoms with van der Waals surface area (Å²) < 4.78 is 11.1. The fourth-order valence-electron chi connectivity index (χ4n) is 5.22. The zero-order valence-electron chi connectivity index (χ0n) is 25.4. The van der Waals surface area contributed by atoms with E-state index in [9.17, 15) is 30.3 Å². The normalized spacial score (nSPS) is 24.6. The Kier molecular flexibility index (Phi) is 22.1. The van der Waals surface area contributed by atoms with Gasteiger partial charge in [0.05, 0.1) is 25.4 Å². The molecule has 1 fully saturated rings. The SMILES string of the molecule is CCCCCCCCCCCCCC(=O)NC(COC1OC(CO)C(O)C(O)C1O)C(O)CCCCCCCC. The first-order valence-corrected chi connectivity index (χ1v) is 16.2. The maximum absolute atomic E-state index is 12.7. The van der Waals surface area contributed by atoms with Crippen LogP contribution < -0.4 is 5.32 Å². The van der Waals surface area contributed by atoms with Crippen LogP contribution in [0.5, 0.6) is 0 Å². The monoisotopic (exact) mass is 575 g/mol. The van der Waals surface area contributed by atoms with Gasteiger partial charge in [0.2, 0.25) is 5.91 Å². The third kappa shape index (κ3) is 16.0. The van der Waals surface area contributed by atoms with Crippen LogP contribution in [0.1, 0.15) is 136 Å². The molecule has 238 valence electrons. The number of unbranched alkanes of at least 4 members (excludes halogenated alkanes) is 15. The van der Waals surface area contributed by atoms with Crippen molar-refractivity contribution in [3.05, 3.63) is 0 Å². The number of hydrogen-bond acceptors (Lipinski definition) is 8. The molecule has 7 unspecified atom stereocenters. The van der Waals surface area contributed by atoms with Crippen molar-refractivity contribution in [3.8, 4) is 0 Å². The van der Waals surface area contributed by atoms with Crippen molar-refractivity contribution in [1.82, 2.24) is 5.32 Å². The van der Waals surface area contributed by atoms with Gasteiger partial charge in [0, 0.05) is 6.42 Å². The molecular weight excluding hydrogens is 514 g/mol. The number of hydrogen-bond donors (Lipinski definition) is 6. The topological polar surface area (TPSA) is 149 Å². The van der Waals surface area contributed by atoms with Crippen molar-refractivity contribution in [2.24, 2.45) is 0 Å². The number of carbonyl (C=O) groups is 1. The molecule has 1 aliphatic rings. The lowest BCUT2D eigenvalue weighted by molar-refractivity contribution is -0.302. The molecule has 1 rings (SSSR count). The third-order valence-corrected chi connectivity index (χ3v) is 7.96. The Hall–Kier alpha value is -0.810. The van der Waals surface area contributed by atoms with Crippen LogP contribution in [0, 0.1) is 0 Å². The van der Waals surface area contributed by atoms with Crippen LogP contribution in [-0.4, -0.2) is 87.5 Å². The van der Waals surface area contributed by atoms with E-state index < -0.39 is 49.5 Å². The van der Waals surface area contributed by atoms with Gasteiger partial charge < -0.3 is 40.3 Å². The van der Waals surface area contributed by atoms with E-state index in [4.69, 9.17) is 9.47 Å². The molecule has 0 aromatic heterocycles. The van der Waals surface area contributed by atoms with Crippen LogP contribution in [0.3, 0.4) is 0 Å². The molecule has 0 saturated carbocycles. The second-order valence-corrected chi connectivity index (χ2v) is 11.6. The number of rotatable bonds is 25. The van der Waals surface area contributed by atoms with Gasteiger partial charge in [-0.25, -0.2) is 0 Å². The predicted octanol–water partition coefficient (Wildman–Crippen LogP) is 4.10. The van der Waals surface area contributed by atoms with Crippen LogP contribution in [0.4, 0.5) is 0 Å². The summed E-state index contributed by atoms with van der Waals surface area (Å²) in [5.41, 5.74) is 0. The standard InChI is InChI=1S/C31H61NO8/c1-3-5-7-9-11-12-13-14-15-17-19-21-27(35)32-24(25(34)20-18-16-10-8-6-4-2)23-39-31-30(38)29(37)28(36)26(22-33)40-31/h24-26,28-31,33-34,36-38H,3-23H2,1-2H3,(H,32,35). The summed E-state index contributed by atoms with van der Waals surface area (Å²) in [5.74, 6) is -0.152. The molecule has 0 bridgehead atoms. The first-order valence-electron chi connectivity index (χ1n) is 16.2. The zero-order chi connectivity index (χ0) is 29.6. The average molecular weight is 576 g/mol. The molecule has 40 heavy (non-hydrogen) atoms. The van der Waals surface area contributed by atoms with E-state index in [1.165, 1.54) is 70.6 Å². The summed E-state index contributed by atoms with van der Waals surface area (Å²) in [5, 5.41) is 53.5. The Morgan fingerprint density at radius 1 is 0.750 bits per heavy atom. The number of amides is 1. The molecule has 9 heteroatoms. The van der Waals surface area contributed by atoms with Crippen molar-refractivity contribution in [2.75, 3.05) is 13.2 Å². The summed E-state index contributed by atoms with van der Waals surface area (Å²) in [6, 6.07) is -0.705. The van der Waals surface area contributed by atoms with Gasteiger partial charge >= 0.3 is 0 Å². The first-order chi connectivity index (χ1) is 19.3. The van der Waals surface area contributed by atoms with Crippen LogP contribution in [0.15, 0.2) is 0 Å². The van der Waals surface area contributed by atoms with Crippen molar-refractivity contribution in [1.29, 1.82) is 0 Å². The van der Waals surface area contributed by atoms with Gasteiger partial charge in [-0.2, -0.15) is 0 Å². The molecule has 7 atom stereocenters. The molecule has 1 saturated heterocycles. The molecule has 0 aliphatic carbocycles. The Morgan fingerprint density at radius 3 is 1.77 bits per heavy atom. The minimum Gasteiger partial charge on any atom is -0.394 e. The van der Waals surface area contributed by atoms with Gasteiger partial charge in [-0.3, -0.25) is 4.79 Å². The number of ether oxygens (including phenoxy) is 2. The van der Waals surface area contributed by atoms with Gasteiger partial charge in [0.1, 0.15) is 24.4 Å². The lowest BCUT2D eigenvalue weighted by Gasteiger charge is -2.40. The third-order valence-electron chi connectivity index (χ3n) is 7.96. The highest BCUT2D eigenvalue weighted by Gasteiger charge is 2.44. The summed E-state index contributed by atoms with van der Waals surface area (Å²) in [7, 11) is 0. The van der Waals surface area contributed by atoms with Crippen LogP contribution in [0.2, 0.25) is 0 Å². The fraction of sp³-hybridized carbons (Fsp3) is 0.968. The quantitative estimate of drug-likeness (QED) is 0.0892. The Balaban J connectivity index is 2.47. The van der Waals surface area contributed by atoms with E-state index in [1.807, 2.05) is 0 Å². The Morgan fingerprint density at radius 2 is 1.25 bits per heavy atom. The summed E-state index contributed by atoms with van der Waals surface area (Å²) in [6.45, 7) is 3.72. The molecule has 6 N–H and O–H groups in total. The maximum atomic E-state index is 12.7. The zero-order valence-corrected chi connectivity index (χ0v) is 25.4. The molecule has 0 aromatic rings. The molecule has 0 radical (unpaired) electrons. The summed E-state index contributed by atoms with van der Waals surface area (Å²) in [4.78, 5) is 12.7. The van der Waals surface area contributed by atoms with E-state index in [-0.39, 0.29) is 12.5 Å². The van der Waals surface area contributed by atoms with Crippen LogP contribution in [-0.2, 0) is 14.3 Å². The number of nitrogens with one attached hydrogen (secondary N) is 1. The average Bonchev–Trinajstić information content (AvgIpc) is 2.95. The van der Waals surface area contributed by atoms with E-state index in [0.717, 1.165) is 38.5 Å². The van der Waals surface area contributed by atoms with Crippen LogP contribution >= 0.6 is 0 Å². The van der Waals surface area contributed by atoms with Crippen LogP contribution in [0.25, 0.3) is 0 Å². The van der Waals surface area contributed by atoms with E-state index in [2.05, 4.69) is 19.2 Å². The van der Waals surface area contributed by atoms with Gasteiger partial charge in [-0.05, 0) is 12.8 Å². The summed E-state index contributed by atoms with van der Waals surface area (Å²) >= 11 is 0. The smallest absolute Gasteiger partial charge is 0.220 e. The highest BCUT2D eigenvalue weighted by molar-refractivity contribution is 5.76. The number of aliphatic hydroxyl groups is 5. The van der Waals surface area contributed by atoms with E-state index >= 15 is 0 Å². The van der Waals surface area contributed by atoms with Crippen molar-refractivity contribution >= 4 is 5.91 Å². The lowest BCUT2D eigenvalue weighted by atomic mass is 9.99. The first kappa shape index (κ1) is 37.2. The molecule has 9 nitrogen and oxygen atoms in total. The second-order valence-electron chi connectivity index (χ2n) is 11.6. The van der Waals surface area contributed by atoms with E-state index in [0.29, 0.717) is 12.8 Å². The highest BCUT2D eigenvalue weighted by atomic mass is 16.7. The largest absolute Gasteiger partial charge is 0.394 e. The molecule has 1 heterocycles. The Bertz CT molecular complexity index is 608.